The summed E-state index contributed by atoms with van der Waals surface area (Å²) >= 11 is 0. The molecule has 0 spiro atoms. The summed E-state index contributed by atoms with van der Waals surface area (Å²) in [5.74, 6) is 0.0310. The van der Waals surface area contributed by atoms with Crippen molar-refractivity contribution in [3.05, 3.63) is 29.8 Å². The van der Waals surface area contributed by atoms with Crippen molar-refractivity contribution in [3.63, 3.8) is 0 Å². The van der Waals surface area contributed by atoms with Gasteiger partial charge in [-0.25, -0.2) is 0 Å². The summed E-state index contributed by atoms with van der Waals surface area (Å²) in [4.78, 5) is 11.3. The van der Waals surface area contributed by atoms with E-state index in [0.29, 0.717) is 0 Å². The van der Waals surface area contributed by atoms with Gasteiger partial charge in [0.05, 0.1) is 7.11 Å². The Hall–Kier alpha value is -1.55. The maximum absolute atomic E-state index is 11.3. The summed E-state index contributed by atoms with van der Waals surface area (Å²) in [6.07, 6.45) is 1.57. The van der Waals surface area contributed by atoms with Crippen molar-refractivity contribution in [3.8, 4) is 5.75 Å². The van der Waals surface area contributed by atoms with Gasteiger partial charge in [0.15, 0.2) is 0 Å². The standard InChI is InChI=1S/C12H15NO3/c1-16-12(15)10-7-6-9(13-10)8-4-2-3-5-11(8)14/h2-5,9-10,13-14H,6-7H2,1H3/t9?,10-/m0/s1. The second-order valence-corrected chi connectivity index (χ2v) is 3.93. The van der Waals surface area contributed by atoms with Crippen molar-refractivity contribution in [2.75, 3.05) is 7.11 Å². The zero-order valence-corrected chi connectivity index (χ0v) is 9.14. The number of hydrogen-bond acceptors (Lipinski definition) is 4. The third-order valence-corrected chi connectivity index (χ3v) is 2.94. The van der Waals surface area contributed by atoms with Crippen LogP contribution in [0.4, 0.5) is 0 Å². The number of esters is 1. The van der Waals surface area contributed by atoms with Gasteiger partial charge in [0.25, 0.3) is 0 Å². The molecule has 2 N–H and O–H groups in total. The van der Waals surface area contributed by atoms with Crippen LogP contribution in [0.5, 0.6) is 5.75 Å². The van der Waals surface area contributed by atoms with Gasteiger partial charge >= 0.3 is 5.97 Å². The molecule has 86 valence electrons. The van der Waals surface area contributed by atoms with Crippen molar-refractivity contribution < 1.29 is 14.6 Å². The molecule has 1 aliphatic heterocycles. The number of benzene rings is 1. The lowest BCUT2D eigenvalue weighted by Crippen LogP contribution is -2.33. The molecule has 1 heterocycles. The number of carbonyl (C=O) groups is 1. The van der Waals surface area contributed by atoms with Crippen molar-refractivity contribution >= 4 is 5.97 Å². The number of phenolic OH excluding ortho intramolecular Hbond substituents is 1. The van der Waals surface area contributed by atoms with Crippen LogP contribution < -0.4 is 5.32 Å². The van der Waals surface area contributed by atoms with Gasteiger partial charge in [-0.05, 0) is 18.9 Å². The fraction of sp³-hybridized carbons (Fsp3) is 0.417. The Morgan fingerprint density at radius 1 is 1.44 bits per heavy atom. The van der Waals surface area contributed by atoms with Gasteiger partial charge in [-0.15, -0.1) is 0 Å². The molecular weight excluding hydrogens is 206 g/mol. The quantitative estimate of drug-likeness (QED) is 0.740. The van der Waals surface area contributed by atoms with Crippen LogP contribution in [-0.2, 0) is 9.53 Å². The first-order chi connectivity index (χ1) is 7.72. The molecule has 0 bridgehead atoms. The maximum atomic E-state index is 11.3. The van der Waals surface area contributed by atoms with Crippen LogP contribution in [0.1, 0.15) is 24.4 Å². The van der Waals surface area contributed by atoms with Crippen molar-refractivity contribution in [2.45, 2.75) is 24.9 Å². The fourth-order valence-corrected chi connectivity index (χ4v) is 2.10. The second-order valence-electron chi connectivity index (χ2n) is 3.93. The Kier molecular flexibility index (Phi) is 3.10. The molecule has 2 atom stereocenters. The van der Waals surface area contributed by atoms with E-state index in [-0.39, 0.29) is 23.8 Å². The molecule has 1 aliphatic rings. The zero-order valence-electron chi connectivity index (χ0n) is 9.14. The van der Waals surface area contributed by atoms with Crippen LogP contribution in [0.2, 0.25) is 0 Å². The fourth-order valence-electron chi connectivity index (χ4n) is 2.10. The highest BCUT2D eigenvalue weighted by molar-refractivity contribution is 5.76. The number of phenols is 1. The van der Waals surface area contributed by atoms with E-state index in [1.54, 1.807) is 12.1 Å². The molecule has 1 saturated heterocycles. The smallest absolute Gasteiger partial charge is 0.322 e. The van der Waals surface area contributed by atoms with E-state index < -0.39 is 0 Å². The Labute approximate surface area is 94.2 Å². The van der Waals surface area contributed by atoms with Gasteiger partial charge in [0.1, 0.15) is 11.8 Å². The average molecular weight is 221 g/mol. The van der Waals surface area contributed by atoms with E-state index in [2.05, 4.69) is 10.1 Å². The summed E-state index contributed by atoms with van der Waals surface area (Å²) < 4.78 is 4.68. The van der Waals surface area contributed by atoms with Gasteiger partial charge < -0.3 is 9.84 Å². The third kappa shape index (κ3) is 2.02. The normalized spacial score (nSPS) is 24.3. The largest absolute Gasteiger partial charge is 0.508 e. The van der Waals surface area contributed by atoms with E-state index in [4.69, 9.17) is 0 Å². The Balaban J connectivity index is 2.09. The van der Waals surface area contributed by atoms with E-state index >= 15 is 0 Å². The lowest BCUT2D eigenvalue weighted by Gasteiger charge is -2.14. The minimum atomic E-state index is -0.255. The summed E-state index contributed by atoms with van der Waals surface area (Å²) in [5, 5.41) is 12.9. The number of methoxy groups -OCH3 is 1. The van der Waals surface area contributed by atoms with Crippen molar-refractivity contribution in [1.29, 1.82) is 0 Å². The number of ether oxygens (including phenoxy) is 1. The minimum absolute atomic E-state index is 0.0327. The van der Waals surface area contributed by atoms with Crippen LogP contribution in [0.15, 0.2) is 24.3 Å². The first-order valence-electron chi connectivity index (χ1n) is 5.34. The van der Waals surface area contributed by atoms with Crippen LogP contribution in [0.3, 0.4) is 0 Å². The number of para-hydroxylation sites is 1. The minimum Gasteiger partial charge on any atom is -0.508 e. The summed E-state index contributed by atoms with van der Waals surface area (Å²) in [5.41, 5.74) is 0.842. The Bertz CT molecular complexity index is 392. The topological polar surface area (TPSA) is 58.6 Å². The highest BCUT2D eigenvalue weighted by atomic mass is 16.5. The first kappa shape index (κ1) is 11.0. The highest BCUT2D eigenvalue weighted by Gasteiger charge is 2.31. The third-order valence-electron chi connectivity index (χ3n) is 2.94. The molecule has 0 aliphatic carbocycles. The summed E-state index contributed by atoms with van der Waals surface area (Å²) in [7, 11) is 1.39. The van der Waals surface area contributed by atoms with Gasteiger partial charge in [-0.2, -0.15) is 0 Å². The predicted octanol–water partition coefficient (Wildman–Crippen LogP) is 1.36. The number of nitrogens with one attached hydrogen (secondary N) is 1. The number of rotatable bonds is 2. The van der Waals surface area contributed by atoms with E-state index in [1.807, 2.05) is 12.1 Å². The maximum Gasteiger partial charge on any atom is 0.322 e. The molecule has 1 unspecified atom stereocenters. The summed E-state index contributed by atoms with van der Waals surface area (Å²) in [6.45, 7) is 0. The highest BCUT2D eigenvalue weighted by Crippen LogP contribution is 2.32. The molecular formula is C12H15NO3. The number of aromatic hydroxyl groups is 1. The molecule has 0 radical (unpaired) electrons. The van der Waals surface area contributed by atoms with E-state index in [0.717, 1.165) is 18.4 Å². The molecule has 4 heteroatoms. The Morgan fingerprint density at radius 3 is 2.88 bits per heavy atom. The van der Waals surface area contributed by atoms with Crippen molar-refractivity contribution in [2.24, 2.45) is 0 Å². The molecule has 16 heavy (non-hydrogen) atoms. The van der Waals surface area contributed by atoms with Gasteiger partial charge in [0, 0.05) is 11.6 Å². The summed E-state index contributed by atoms with van der Waals surface area (Å²) in [6, 6.07) is 6.96. The average Bonchev–Trinajstić information content (AvgIpc) is 2.78. The molecule has 0 aromatic heterocycles. The lowest BCUT2D eigenvalue weighted by molar-refractivity contribution is -0.142. The molecule has 1 aromatic carbocycles. The van der Waals surface area contributed by atoms with E-state index in [1.165, 1.54) is 7.11 Å². The lowest BCUT2D eigenvalue weighted by atomic mass is 10.0. The zero-order chi connectivity index (χ0) is 11.5. The number of hydrogen-bond donors (Lipinski definition) is 2. The van der Waals surface area contributed by atoms with E-state index in [9.17, 15) is 9.90 Å². The predicted molar refractivity (Wildman–Crippen MR) is 59.0 cm³/mol. The van der Waals surface area contributed by atoms with Crippen LogP contribution in [0.25, 0.3) is 0 Å². The van der Waals surface area contributed by atoms with Crippen LogP contribution >= 0.6 is 0 Å². The molecule has 2 rings (SSSR count). The van der Waals surface area contributed by atoms with Crippen LogP contribution in [-0.4, -0.2) is 24.2 Å². The molecule has 1 aromatic rings. The molecule has 4 nitrogen and oxygen atoms in total. The monoisotopic (exact) mass is 221 g/mol. The number of carbonyl (C=O) groups excluding carboxylic acids is 1. The van der Waals surface area contributed by atoms with Gasteiger partial charge in [-0.1, -0.05) is 18.2 Å². The van der Waals surface area contributed by atoms with Gasteiger partial charge in [0.2, 0.25) is 0 Å². The molecule has 0 saturated carbocycles. The van der Waals surface area contributed by atoms with Gasteiger partial charge in [-0.3, -0.25) is 10.1 Å². The molecule has 0 amide bonds. The second kappa shape index (κ2) is 4.53. The SMILES string of the molecule is COC(=O)[C@@H]1CCC(c2ccccc2O)N1. The van der Waals surface area contributed by atoms with Crippen molar-refractivity contribution in [1.82, 2.24) is 5.32 Å². The first-order valence-corrected chi connectivity index (χ1v) is 5.34. The Morgan fingerprint density at radius 2 is 2.19 bits per heavy atom. The molecule has 1 fully saturated rings. The van der Waals surface area contributed by atoms with Crippen LogP contribution in [0, 0.1) is 0 Å².